The number of aromatic amines is 1. The number of para-hydroxylation sites is 2. The molecule has 26 heavy (non-hydrogen) atoms. The van der Waals surface area contributed by atoms with E-state index >= 15 is 0 Å². The minimum atomic E-state index is 0.610. The predicted octanol–water partition coefficient (Wildman–Crippen LogP) is 5.39. The first kappa shape index (κ1) is 17.0. The Hall–Kier alpha value is -2.44. The highest BCUT2D eigenvalue weighted by atomic mass is 32.2. The fourth-order valence-electron chi connectivity index (χ4n) is 3.01. The first-order valence-corrected chi connectivity index (χ1v) is 9.74. The lowest BCUT2D eigenvalue weighted by Gasteiger charge is -2.10. The molecule has 0 spiro atoms. The number of benzene rings is 2. The fourth-order valence-corrected chi connectivity index (χ4v) is 4.32. The lowest BCUT2D eigenvalue weighted by Crippen LogP contribution is -2.00. The molecular weight excluding hydrogens is 360 g/mol. The van der Waals surface area contributed by atoms with Gasteiger partial charge in [0.25, 0.3) is 0 Å². The molecule has 0 bridgehead atoms. The first-order chi connectivity index (χ1) is 12.6. The van der Waals surface area contributed by atoms with E-state index in [-0.39, 0.29) is 0 Å². The van der Waals surface area contributed by atoms with Crippen molar-refractivity contribution < 1.29 is 0 Å². The van der Waals surface area contributed by atoms with Gasteiger partial charge in [-0.15, -0.1) is 11.8 Å². The molecule has 0 aliphatic rings. The summed E-state index contributed by atoms with van der Waals surface area (Å²) in [6.07, 6.45) is 0. The number of nitrogens with one attached hydrogen (secondary N) is 1. The summed E-state index contributed by atoms with van der Waals surface area (Å²) >= 11 is 7.18. The van der Waals surface area contributed by atoms with E-state index in [0.717, 1.165) is 22.7 Å². The van der Waals surface area contributed by atoms with Crippen LogP contribution in [0.25, 0.3) is 16.6 Å². The van der Waals surface area contributed by atoms with E-state index < -0.39 is 0 Å². The average molecular weight is 379 g/mol. The largest absolute Gasteiger partial charge is 0.271 e. The number of nitrogens with zero attached hydrogens (tertiary/aromatic N) is 3. The van der Waals surface area contributed by atoms with Gasteiger partial charge in [0.2, 0.25) is 0 Å². The number of pyridine rings is 1. The highest BCUT2D eigenvalue weighted by Crippen LogP contribution is 2.31. The summed E-state index contributed by atoms with van der Waals surface area (Å²) in [7, 11) is 0. The molecular formula is C20H18N4S2. The first-order valence-electron chi connectivity index (χ1n) is 8.35. The number of rotatable bonds is 4. The van der Waals surface area contributed by atoms with Crippen LogP contribution in [0.15, 0.2) is 59.5 Å². The van der Waals surface area contributed by atoms with Crippen LogP contribution in [-0.2, 0) is 5.75 Å². The quantitative estimate of drug-likeness (QED) is 0.382. The molecule has 4 aromatic rings. The number of aromatic nitrogens is 4. The van der Waals surface area contributed by atoms with Gasteiger partial charge in [-0.05, 0) is 49.8 Å². The molecule has 130 valence electrons. The third-order valence-electron chi connectivity index (χ3n) is 4.24. The van der Waals surface area contributed by atoms with Crippen LogP contribution in [0.5, 0.6) is 0 Å². The molecule has 6 heteroatoms. The molecule has 0 aliphatic heterocycles. The predicted molar refractivity (Wildman–Crippen MR) is 110 cm³/mol. The van der Waals surface area contributed by atoms with Gasteiger partial charge in [0.15, 0.2) is 4.77 Å². The van der Waals surface area contributed by atoms with Crippen LogP contribution in [0.2, 0.25) is 0 Å². The van der Waals surface area contributed by atoms with Crippen molar-refractivity contribution in [1.29, 1.82) is 0 Å². The van der Waals surface area contributed by atoms with Crippen molar-refractivity contribution in [2.75, 3.05) is 0 Å². The second kappa shape index (κ2) is 7.05. The summed E-state index contributed by atoms with van der Waals surface area (Å²) in [6.45, 7) is 4.14. The van der Waals surface area contributed by atoms with Crippen LogP contribution < -0.4 is 0 Å². The van der Waals surface area contributed by atoms with Crippen LogP contribution in [-0.4, -0.2) is 19.7 Å². The van der Waals surface area contributed by atoms with Gasteiger partial charge in [-0.1, -0.05) is 36.4 Å². The molecule has 0 fully saturated rings. The second-order valence-electron chi connectivity index (χ2n) is 6.14. The number of hydrogen-bond acceptors (Lipinski definition) is 4. The van der Waals surface area contributed by atoms with Crippen molar-refractivity contribution in [2.45, 2.75) is 24.5 Å². The molecule has 0 atom stereocenters. The molecule has 2 heterocycles. The monoisotopic (exact) mass is 378 g/mol. The number of aryl methyl sites for hydroxylation is 2. The summed E-state index contributed by atoms with van der Waals surface area (Å²) < 4.78 is 2.60. The standard InChI is InChI=1S/C20H18N4S2/c1-13-7-6-10-16-17(11-14(2)21-19(13)16)26-12-18-22-23-20(25)24(18)15-8-4-3-5-9-15/h3-11H,12H2,1-2H3,(H,23,25). The van der Waals surface area contributed by atoms with Gasteiger partial charge in [0.05, 0.1) is 11.3 Å². The second-order valence-corrected chi connectivity index (χ2v) is 7.54. The molecule has 0 radical (unpaired) electrons. The van der Waals surface area contributed by atoms with Crippen molar-refractivity contribution in [1.82, 2.24) is 19.7 Å². The molecule has 0 saturated heterocycles. The van der Waals surface area contributed by atoms with Gasteiger partial charge in [0, 0.05) is 21.7 Å². The molecule has 4 nitrogen and oxygen atoms in total. The Labute approximate surface area is 161 Å². The van der Waals surface area contributed by atoms with E-state index in [1.807, 2.05) is 41.8 Å². The molecule has 0 amide bonds. The summed E-state index contributed by atoms with van der Waals surface area (Å²) in [4.78, 5) is 5.92. The van der Waals surface area contributed by atoms with Crippen molar-refractivity contribution in [3.8, 4) is 5.69 Å². The maximum atomic E-state index is 5.43. The Kier molecular flexibility index (Phi) is 4.61. The van der Waals surface area contributed by atoms with Gasteiger partial charge in [-0.25, -0.2) is 0 Å². The van der Waals surface area contributed by atoms with Crippen LogP contribution in [0.1, 0.15) is 17.1 Å². The highest BCUT2D eigenvalue weighted by molar-refractivity contribution is 7.98. The van der Waals surface area contributed by atoms with E-state index in [4.69, 9.17) is 17.2 Å². The zero-order valence-corrected chi connectivity index (χ0v) is 16.2. The van der Waals surface area contributed by atoms with E-state index in [2.05, 4.69) is 41.4 Å². The lowest BCUT2D eigenvalue weighted by molar-refractivity contribution is 0.949. The maximum Gasteiger partial charge on any atom is 0.199 e. The molecule has 2 aromatic heterocycles. The normalized spacial score (nSPS) is 11.2. The van der Waals surface area contributed by atoms with E-state index in [9.17, 15) is 0 Å². The van der Waals surface area contributed by atoms with Crippen molar-refractivity contribution >= 4 is 34.9 Å². The zero-order chi connectivity index (χ0) is 18.1. The van der Waals surface area contributed by atoms with E-state index in [0.29, 0.717) is 10.5 Å². The van der Waals surface area contributed by atoms with Crippen molar-refractivity contribution in [3.63, 3.8) is 0 Å². The third kappa shape index (κ3) is 3.18. The molecule has 0 unspecified atom stereocenters. The summed E-state index contributed by atoms with van der Waals surface area (Å²) in [6, 6.07) is 18.5. The van der Waals surface area contributed by atoms with Crippen molar-refractivity contribution in [2.24, 2.45) is 0 Å². The van der Waals surface area contributed by atoms with Crippen molar-refractivity contribution in [3.05, 3.63) is 76.5 Å². The fraction of sp³-hybridized carbons (Fsp3) is 0.150. The van der Waals surface area contributed by atoms with Crippen LogP contribution >= 0.6 is 24.0 Å². The summed E-state index contributed by atoms with van der Waals surface area (Å²) in [5.74, 6) is 1.62. The highest BCUT2D eigenvalue weighted by Gasteiger charge is 2.11. The lowest BCUT2D eigenvalue weighted by atomic mass is 10.1. The molecule has 2 aromatic carbocycles. The van der Waals surface area contributed by atoms with Gasteiger partial charge >= 0.3 is 0 Å². The SMILES string of the molecule is Cc1cc(SCc2n[nH]c(=S)n2-c2ccccc2)c2cccc(C)c2n1. The van der Waals surface area contributed by atoms with Gasteiger partial charge < -0.3 is 0 Å². The summed E-state index contributed by atoms with van der Waals surface area (Å²) in [5.41, 5.74) is 4.31. The Bertz CT molecular complexity index is 1130. The number of thioether (sulfide) groups is 1. The van der Waals surface area contributed by atoms with Crippen LogP contribution in [0.3, 0.4) is 0 Å². The third-order valence-corrected chi connectivity index (χ3v) is 5.57. The molecule has 4 rings (SSSR count). The Morgan fingerprint density at radius 1 is 1.08 bits per heavy atom. The van der Waals surface area contributed by atoms with E-state index in [1.165, 1.54) is 15.8 Å². The number of hydrogen-bond donors (Lipinski definition) is 1. The minimum Gasteiger partial charge on any atom is -0.271 e. The molecule has 0 aliphatic carbocycles. The summed E-state index contributed by atoms with van der Waals surface area (Å²) in [5, 5.41) is 8.54. The Morgan fingerprint density at radius 2 is 1.88 bits per heavy atom. The van der Waals surface area contributed by atoms with Gasteiger partial charge in [-0.2, -0.15) is 5.10 Å². The average Bonchev–Trinajstić information content (AvgIpc) is 3.02. The maximum absolute atomic E-state index is 5.43. The van der Waals surface area contributed by atoms with Gasteiger partial charge in [0.1, 0.15) is 5.82 Å². The Balaban J connectivity index is 1.71. The van der Waals surface area contributed by atoms with E-state index in [1.54, 1.807) is 11.8 Å². The topological polar surface area (TPSA) is 46.5 Å². The molecule has 1 N–H and O–H groups in total. The van der Waals surface area contributed by atoms with Crippen LogP contribution in [0.4, 0.5) is 0 Å². The molecule has 0 saturated carbocycles. The zero-order valence-electron chi connectivity index (χ0n) is 14.6. The van der Waals surface area contributed by atoms with Crippen LogP contribution in [0, 0.1) is 18.6 Å². The number of H-pyrrole nitrogens is 1. The Morgan fingerprint density at radius 3 is 2.69 bits per heavy atom. The smallest absolute Gasteiger partial charge is 0.199 e. The minimum absolute atomic E-state index is 0.610. The van der Waals surface area contributed by atoms with Gasteiger partial charge in [-0.3, -0.25) is 14.6 Å². The number of fused-ring (bicyclic) bond motifs is 1.